The molecule has 1 amide bonds. The van der Waals surface area contributed by atoms with Gasteiger partial charge in [-0.2, -0.15) is 0 Å². The number of benzene rings is 2. The molecule has 0 aromatic heterocycles. The molecule has 0 bridgehead atoms. The first kappa shape index (κ1) is 17.6. The molecule has 0 fully saturated rings. The summed E-state index contributed by atoms with van der Waals surface area (Å²) in [6, 6.07) is 10.5. The number of fused-ring (bicyclic) bond motifs is 1. The van der Waals surface area contributed by atoms with Gasteiger partial charge in [0.15, 0.2) is 0 Å². The van der Waals surface area contributed by atoms with Crippen LogP contribution in [0, 0.1) is 5.82 Å². The summed E-state index contributed by atoms with van der Waals surface area (Å²) < 4.78 is 40.7. The normalized spacial score (nSPS) is 16.8. The summed E-state index contributed by atoms with van der Waals surface area (Å²) in [5.74, 6) is -0.473. The van der Waals surface area contributed by atoms with E-state index in [2.05, 4.69) is 4.72 Å². The third-order valence-corrected chi connectivity index (χ3v) is 5.67. The molecule has 2 aromatic carbocycles. The zero-order valence-corrected chi connectivity index (χ0v) is 14.8. The number of nitrogens with one attached hydrogen (secondary N) is 1. The molecule has 0 radical (unpaired) electrons. The second-order valence-electron chi connectivity index (χ2n) is 6.19. The fourth-order valence-electron chi connectivity index (χ4n) is 3.16. The van der Waals surface area contributed by atoms with Crippen LogP contribution in [-0.2, 0) is 27.8 Å². The van der Waals surface area contributed by atoms with Gasteiger partial charge >= 0.3 is 0 Å². The smallest absolute Gasteiger partial charge is 0.240 e. The minimum Gasteiger partial charge on any atom is -0.309 e. The van der Waals surface area contributed by atoms with E-state index in [1.807, 2.05) is 6.92 Å². The molecule has 3 rings (SSSR count). The lowest BCUT2D eigenvalue weighted by molar-refractivity contribution is -0.116. The molecule has 1 atom stereocenters. The molecule has 1 aliphatic rings. The Morgan fingerprint density at radius 1 is 1.28 bits per heavy atom. The van der Waals surface area contributed by atoms with E-state index in [0.29, 0.717) is 12.0 Å². The van der Waals surface area contributed by atoms with Crippen LogP contribution < -0.4 is 9.62 Å². The Morgan fingerprint density at radius 3 is 2.72 bits per heavy atom. The van der Waals surface area contributed by atoms with Crippen molar-refractivity contribution in [3.05, 3.63) is 59.4 Å². The van der Waals surface area contributed by atoms with Gasteiger partial charge in [-0.05, 0) is 54.8 Å². The summed E-state index contributed by atoms with van der Waals surface area (Å²) >= 11 is 0. The number of carbonyl (C=O) groups is 1. The summed E-state index contributed by atoms with van der Waals surface area (Å²) in [5, 5.41) is 0. The maximum absolute atomic E-state index is 13.2. The summed E-state index contributed by atoms with van der Waals surface area (Å²) in [5.41, 5.74) is 2.13. The Kier molecular flexibility index (Phi) is 4.62. The lowest BCUT2D eigenvalue weighted by Crippen LogP contribution is -2.33. The van der Waals surface area contributed by atoms with Gasteiger partial charge in [-0.3, -0.25) is 4.79 Å². The molecule has 1 unspecified atom stereocenters. The van der Waals surface area contributed by atoms with Crippen LogP contribution in [-0.4, -0.2) is 20.4 Å². The SMILES string of the molecule is CC(=O)N1c2ccc(S(=O)(=O)NCc3cccc(F)c3)cc2CC1C. The average molecular weight is 362 g/mol. The largest absolute Gasteiger partial charge is 0.309 e. The van der Waals surface area contributed by atoms with E-state index >= 15 is 0 Å². The van der Waals surface area contributed by atoms with Gasteiger partial charge in [-0.1, -0.05) is 12.1 Å². The first-order chi connectivity index (χ1) is 11.8. The van der Waals surface area contributed by atoms with Crippen LogP contribution in [0.4, 0.5) is 10.1 Å². The minimum atomic E-state index is -3.72. The maximum Gasteiger partial charge on any atom is 0.240 e. The van der Waals surface area contributed by atoms with Crippen LogP contribution in [0.2, 0.25) is 0 Å². The van der Waals surface area contributed by atoms with Gasteiger partial charge in [0.2, 0.25) is 15.9 Å². The number of halogens is 1. The molecule has 7 heteroatoms. The molecule has 1 N–H and O–H groups in total. The summed E-state index contributed by atoms with van der Waals surface area (Å²) in [6.45, 7) is 3.43. The molecule has 0 aliphatic carbocycles. The van der Waals surface area contributed by atoms with Gasteiger partial charge in [0, 0.05) is 25.2 Å². The van der Waals surface area contributed by atoms with E-state index in [1.165, 1.54) is 31.2 Å². The third-order valence-electron chi connectivity index (χ3n) is 4.27. The summed E-state index contributed by atoms with van der Waals surface area (Å²) in [4.78, 5) is 13.6. The highest BCUT2D eigenvalue weighted by Gasteiger charge is 2.30. The topological polar surface area (TPSA) is 66.5 Å². The molecular weight excluding hydrogens is 343 g/mol. The summed E-state index contributed by atoms with van der Waals surface area (Å²) in [6.07, 6.45) is 0.613. The van der Waals surface area contributed by atoms with Gasteiger partial charge < -0.3 is 4.90 Å². The predicted octanol–water partition coefficient (Wildman–Crippen LogP) is 2.60. The molecule has 0 spiro atoms. The van der Waals surface area contributed by atoms with E-state index in [-0.39, 0.29) is 23.4 Å². The van der Waals surface area contributed by atoms with Gasteiger partial charge in [0.1, 0.15) is 5.82 Å². The minimum absolute atomic E-state index is 0.00528. The van der Waals surface area contributed by atoms with Crippen LogP contribution in [0.1, 0.15) is 25.0 Å². The molecule has 0 saturated heterocycles. The van der Waals surface area contributed by atoms with Crippen molar-refractivity contribution in [2.45, 2.75) is 37.8 Å². The number of nitrogens with zero attached hydrogens (tertiary/aromatic N) is 1. The highest BCUT2D eigenvalue weighted by Crippen LogP contribution is 2.33. The van der Waals surface area contributed by atoms with E-state index in [9.17, 15) is 17.6 Å². The number of amides is 1. The van der Waals surface area contributed by atoms with Crippen molar-refractivity contribution in [1.82, 2.24) is 4.72 Å². The van der Waals surface area contributed by atoms with Crippen molar-refractivity contribution < 1.29 is 17.6 Å². The number of sulfonamides is 1. The molecule has 25 heavy (non-hydrogen) atoms. The Labute approximate surface area is 146 Å². The second kappa shape index (κ2) is 6.57. The Morgan fingerprint density at radius 2 is 2.04 bits per heavy atom. The van der Waals surface area contributed by atoms with Crippen molar-refractivity contribution >= 4 is 21.6 Å². The van der Waals surface area contributed by atoms with Crippen LogP contribution in [0.15, 0.2) is 47.4 Å². The van der Waals surface area contributed by atoms with Crippen molar-refractivity contribution in [2.75, 3.05) is 4.90 Å². The lowest BCUT2D eigenvalue weighted by atomic mass is 10.1. The Hall–Kier alpha value is -2.25. The van der Waals surface area contributed by atoms with Crippen LogP contribution in [0.5, 0.6) is 0 Å². The Balaban J connectivity index is 1.82. The lowest BCUT2D eigenvalue weighted by Gasteiger charge is -2.20. The highest BCUT2D eigenvalue weighted by atomic mass is 32.2. The first-order valence-electron chi connectivity index (χ1n) is 7.95. The monoisotopic (exact) mass is 362 g/mol. The molecule has 1 aliphatic heterocycles. The highest BCUT2D eigenvalue weighted by molar-refractivity contribution is 7.89. The fraction of sp³-hybridized carbons (Fsp3) is 0.278. The Bertz CT molecular complexity index is 928. The number of hydrogen-bond donors (Lipinski definition) is 1. The maximum atomic E-state index is 13.2. The fourth-order valence-corrected chi connectivity index (χ4v) is 4.23. The second-order valence-corrected chi connectivity index (χ2v) is 7.95. The van der Waals surface area contributed by atoms with Gasteiger partial charge in [0.05, 0.1) is 4.90 Å². The predicted molar refractivity (Wildman–Crippen MR) is 93.2 cm³/mol. The van der Waals surface area contributed by atoms with Crippen LogP contribution in [0.25, 0.3) is 0 Å². The molecule has 1 heterocycles. The number of carbonyl (C=O) groups excluding carboxylic acids is 1. The molecule has 132 valence electrons. The number of hydrogen-bond acceptors (Lipinski definition) is 3. The van der Waals surface area contributed by atoms with Crippen molar-refractivity contribution in [2.24, 2.45) is 0 Å². The van der Waals surface area contributed by atoms with Gasteiger partial charge in [-0.25, -0.2) is 17.5 Å². The first-order valence-corrected chi connectivity index (χ1v) is 9.43. The molecule has 5 nitrogen and oxygen atoms in total. The van der Waals surface area contributed by atoms with E-state index in [1.54, 1.807) is 23.1 Å². The van der Waals surface area contributed by atoms with Crippen molar-refractivity contribution in [1.29, 1.82) is 0 Å². The van der Waals surface area contributed by atoms with Crippen LogP contribution >= 0.6 is 0 Å². The molecule has 2 aromatic rings. The van der Waals surface area contributed by atoms with Crippen molar-refractivity contribution in [3.63, 3.8) is 0 Å². The zero-order chi connectivity index (χ0) is 18.2. The molecular formula is C18H19FN2O3S. The van der Waals surface area contributed by atoms with E-state index < -0.39 is 15.8 Å². The third kappa shape index (κ3) is 3.57. The van der Waals surface area contributed by atoms with E-state index in [4.69, 9.17) is 0 Å². The van der Waals surface area contributed by atoms with Crippen molar-refractivity contribution in [3.8, 4) is 0 Å². The zero-order valence-electron chi connectivity index (χ0n) is 14.0. The molecule has 0 saturated carbocycles. The summed E-state index contributed by atoms with van der Waals surface area (Å²) in [7, 11) is -3.72. The standard InChI is InChI=1S/C18H19FN2O3S/c1-12-8-15-10-17(6-7-18(15)21(12)13(2)22)25(23,24)20-11-14-4-3-5-16(19)9-14/h3-7,9-10,12,20H,8,11H2,1-2H3. The van der Waals surface area contributed by atoms with Crippen LogP contribution in [0.3, 0.4) is 0 Å². The van der Waals surface area contributed by atoms with E-state index in [0.717, 1.165) is 11.3 Å². The van der Waals surface area contributed by atoms with Gasteiger partial charge in [0.25, 0.3) is 0 Å². The number of anilines is 1. The van der Waals surface area contributed by atoms with Gasteiger partial charge in [-0.15, -0.1) is 0 Å². The quantitative estimate of drug-likeness (QED) is 0.909. The average Bonchev–Trinajstić information content (AvgIpc) is 2.88. The number of rotatable bonds is 4.